The minimum Gasteiger partial charge on any atom is -0.384 e. The van der Waals surface area contributed by atoms with Gasteiger partial charge in [-0.2, -0.15) is 0 Å². The van der Waals surface area contributed by atoms with Crippen LogP contribution >= 0.6 is 0 Å². The Hall–Kier alpha value is -3.34. The molecule has 3 heterocycles. The van der Waals surface area contributed by atoms with E-state index in [1.807, 2.05) is 30.2 Å². The lowest BCUT2D eigenvalue weighted by atomic mass is 9.90. The van der Waals surface area contributed by atoms with Gasteiger partial charge < -0.3 is 15.2 Å². The van der Waals surface area contributed by atoms with Gasteiger partial charge in [0.15, 0.2) is 0 Å². The van der Waals surface area contributed by atoms with Gasteiger partial charge in [-0.05, 0) is 60.6 Å². The van der Waals surface area contributed by atoms with Crippen molar-refractivity contribution in [2.75, 3.05) is 16.8 Å². The number of nitrogens with one attached hydrogen (secondary N) is 2. The van der Waals surface area contributed by atoms with Crippen molar-refractivity contribution in [3.05, 3.63) is 82.0 Å². The molecule has 2 aliphatic heterocycles. The fourth-order valence-corrected chi connectivity index (χ4v) is 5.13. The van der Waals surface area contributed by atoms with Gasteiger partial charge in [0.25, 0.3) is 0 Å². The molecule has 3 aromatic rings. The molecule has 0 spiro atoms. The van der Waals surface area contributed by atoms with Crippen molar-refractivity contribution in [2.24, 2.45) is 10.9 Å². The van der Waals surface area contributed by atoms with E-state index in [1.54, 1.807) is 0 Å². The van der Waals surface area contributed by atoms with Crippen LogP contribution in [0.5, 0.6) is 0 Å². The summed E-state index contributed by atoms with van der Waals surface area (Å²) in [5, 5.41) is 4.38. The normalized spacial score (nSPS) is 16.7. The summed E-state index contributed by atoms with van der Waals surface area (Å²) in [7, 11) is 0. The standard InChI is InChI=1S/C30H35FN4/c1-17(2)7-8-22-15-32-29-19(5)28(31)26(14-25(22)29)27-13-23-16-35(20(6)33-30(23)34-27)24-11-9-21(10-12-24)18(3)4/h9-14,16-18,22,32H,6-8,15H2,1-5H3,(H,33,34). The van der Waals surface area contributed by atoms with E-state index in [1.165, 1.54) is 11.1 Å². The van der Waals surface area contributed by atoms with E-state index >= 15 is 4.39 Å². The summed E-state index contributed by atoms with van der Waals surface area (Å²) < 4.78 is 15.5. The SMILES string of the molecule is C=C1N=c2[nH]c(-c3cc4c(c(C)c3F)NCC4CCC(C)C)cc2=CN1c1ccc(C(C)C)cc1. The van der Waals surface area contributed by atoms with Crippen molar-refractivity contribution in [3.8, 4) is 11.3 Å². The number of hydrogen-bond acceptors (Lipinski definition) is 3. The molecule has 4 nitrogen and oxygen atoms in total. The molecule has 2 N–H and O–H groups in total. The number of hydrogen-bond donors (Lipinski definition) is 2. The van der Waals surface area contributed by atoms with Crippen molar-refractivity contribution in [3.63, 3.8) is 0 Å². The molecular formula is C30H35FN4. The summed E-state index contributed by atoms with van der Waals surface area (Å²) in [5.41, 5.74) is 7.26. The Labute approximate surface area is 207 Å². The number of fused-ring (bicyclic) bond motifs is 2. The molecule has 2 aliphatic rings. The predicted molar refractivity (Wildman–Crippen MR) is 144 cm³/mol. The average Bonchev–Trinajstić information content (AvgIpc) is 3.43. The minimum atomic E-state index is -0.181. The van der Waals surface area contributed by atoms with E-state index in [9.17, 15) is 0 Å². The van der Waals surface area contributed by atoms with Gasteiger partial charge in [0.1, 0.15) is 17.1 Å². The molecule has 1 aromatic heterocycles. The molecule has 0 fully saturated rings. The van der Waals surface area contributed by atoms with Gasteiger partial charge >= 0.3 is 0 Å². The molecule has 0 saturated carbocycles. The van der Waals surface area contributed by atoms with Gasteiger partial charge in [-0.1, -0.05) is 52.8 Å². The van der Waals surface area contributed by atoms with E-state index in [4.69, 9.17) is 4.99 Å². The second-order valence-corrected chi connectivity index (χ2v) is 10.6. The van der Waals surface area contributed by atoms with Crippen molar-refractivity contribution in [2.45, 2.75) is 59.3 Å². The zero-order chi connectivity index (χ0) is 24.9. The van der Waals surface area contributed by atoms with E-state index in [2.05, 4.69) is 68.8 Å². The third kappa shape index (κ3) is 4.29. The molecule has 1 atom stereocenters. The Bertz CT molecular complexity index is 1400. The maximum absolute atomic E-state index is 15.5. The van der Waals surface area contributed by atoms with Crippen LogP contribution in [0.4, 0.5) is 15.8 Å². The zero-order valence-corrected chi connectivity index (χ0v) is 21.4. The quantitative estimate of drug-likeness (QED) is 0.429. The predicted octanol–water partition coefficient (Wildman–Crippen LogP) is 6.55. The van der Waals surface area contributed by atoms with Crippen LogP contribution in [-0.4, -0.2) is 11.5 Å². The highest BCUT2D eigenvalue weighted by Gasteiger charge is 2.27. The van der Waals surface area contributed by atoms with Crippen molar-refractivity contribution in [1.82, 2.24) is 4.98 Å². The van der Waals surface area contributed by atoms with E-state index in [0.717, 1.165) is 41.7 Å². The van der Waals surface area contributed by atoms with Crippen molar-refractivity contribution >= 4 is 17.6 Å². The maximum atomic E-state index is 15.5. The fraction of sp³-hybridized carbons (Fsp3) is 0.367. The highest BCUT2D eigenvalue weighted by molar-refractivity contribution is 5.74. The largest absolute Gasteiger partial charge is 0.384 e. The Balaban J connectivity index is 1.52. The van der Waals surface area contributed by atoms with Crippen molar-refractivity contribution in [1.29, 1.82) is 0 Å². The van der Waals surface area contributed by atoms with Crippen molar-refractivity contribution < 1.29 is 4.39 Å². The van der Waals surface area contributed by atoms with Gasteiger partial charge in [-0.25, -0.2) is 9.38 Å². The van der Waals surface area contributed by atoms with E-state index < -0.39 is 0 Å². The molecular weight excluding hydrogens is 435 g/mol. The zero-order valence-electron chi connectivity index (χ0n) is 21.4. The van der Waals surface area contributed by atoms with E-state index in [0.29, 0.717) is 40.2 Å². The van der Waals surface area contributed by atoms with Crippen LogP contribution in [0.15, 0.2) is 53.8 Å². The monoisotopic (exact) mass is 470 g/mol. The molecule has 0 radical (unpaired) electrons. The summed E-state index contributed by atoms with van der Waals surface area (Å²) in [6.45, 7) is 15.8. The number of rotatable bonds is 6. The third-order valence-electron chi connectivity index (χ3n) is 7.33. The number of aromatic amines is 1. The van der Waals surface area contributed by atoms with Crippen LogP contribution in [0, 0.1) is 18.7 Å². The summed E-state index contributed by atoms with van der Waals surface area (Å²) in [6, 6.07) is 12.5. The lowest BCUT2D eigenvalue weighted by Gasteiger charge is -2.22. The first-order valence-electron chi connectivity index (χ1n) is 12.7. The number of aromatic nitrogens is 1. The summed E-state index contributed by atoms with van der Waals surface area (Å²) >= 11 is 0. The Morgan fingerprint density at radius 3 is 2.57 bits per heavy atom. The van der Waals surface area contributed by atoms with Gasteiger partial charge in [0.2, 0.25) is 0 Å². The minimum absolute atomic E-state index is 0.181. The first kappa shape index (κ1) is 23.4. The first-order chi connectivity index (χ1) is 16.7. The number of H-pyrrole nitrogens is 1. The van der Waals surface area contributed by atoms with E-state index in [-0.39, 0.29) is 5.82 Å². The highest BCUT2D eigenvalue weighted by atomic mass is 19.1. The Morgan fingerprint density at radius 2 is 1.89 bits per heavy atom. The number of halogens is 1. The molecule has 0 bridgehead atoms. The van der Waals surface area contributed by atoms with Crippen LogP contribution in [-0.2, 0) is 0 Å². The fourth-order valence-electron chi connectivity index (χ4n) is 5.13. The molecule has 5 heteroatoms. The second-order valence-electron chi connectivity index (χ2n) is 10.6. The molecule has 1 unspecified atom stereocenters. The smallest absolute Gasteiger partial charge is 0.141 e. The molecule has 0 saturated heterocycles. The van der Waals surface area contributed by atoms with Crippen LogP contribution in [0.1, 0.15) is 69.1 Å². The summed E-state index contributed by atoms with van der Waals surface area (Å²) in [4.78, 5) is 10.0. The summed E-state index contributed by atoms with van der Waals surface area (Å²) in [5.74, 6) is 2.00. The van der Waals surface area contributed by atoms with Crippen LogP contribution < -0.4 is 20.9 Å². The van der Waals surface area contributed by atoms with Crippen LogP contribution in [0.25, 0.3) is 17.5 Å². The molecule has 5 rings (SSSR count). The molecule has 0 aliphatic carbocycles. The van der Waals surface area contributed by atoms with Gasteiger partial charge in [-0.3, -0.25) is 0 Å². The maximum Gasteiger partial charge on any atom is 0.141 e. The number of anilines is 2. The lowest BCUT2D eigenvalue weighted by Crippen LogP contribution is -2.33. The van der Waals surface area contributed by atoms with Crippen LogP contribution in [0.2, 0.25) is 0 Å². The van der Waals surface area contributed by atoms with Gasteiger partial charge in [-0.15, -0.1) is 0 Å². The van der Waals surface area contributed by atoms with Gasteiger partial charge in [0, 0.05) is 46.4 Å². The van der Waals surface area contributed by atoms with Gasteiger partial charge in [0.05, 0.1) is 5.69 Å². The highest BCUT2D eigenvalue weighted by Crippen LogP contribution is 2.41. The van der Waals surface area contributed by atoms with Crippen LogP contribution in [0.3, 0.4) is 0 Å². The molecule has 182 valence electrons. The first-order valence-corrected chi connectivity index (χ1v) is 12.7. The lowest BCUT2D eigenvalue weighted by molar-refractivity contribution is 0.516. The Kier molecular flexibility index (Phi) is 6.04. The molecule has 2 aromatic carbocycles. The number of nitrogens with zero attached hydrogens (tertiary/aromatic N) is 2. The third-order valence-corrected chi connectivity index (χ3v) is 7.33. The average molecular weight is 471 g/mol. The Morgan fingerprint density at radius 1 is 1.14 bits per heavy atom. The number of benzene rings is 2. The second kappa shape index (κ2) is 9.03. The molecule has 0 amide bonds. The summed E-state index contributed by atoms with van der Waals surface area (Å²) in [6.07, 6.45) is 4.30. The topological polar surface area (TPSA) is 43.4 Å². The molecule has 35 heavy (non-hydrogen) atoms.